The van der Waals surface area contributed by atoms with Gasteiger partial charge in [0.2, 0.25) is 0 Å². The third kappa shape index (κ3) is 1.70. The van der Waals surface area contributed by atoms with E-state index < -0.39 is 11.2 Å². The van der Waals surface area contributed by atoms with E-state index in [2.05, 4.69) is 6.42 Å². The van der Waals surface area contributed by atoms with Gasteiger partial charge in [0.15, 0.2) is 0 Å². The van der Waals surface area contributed by atoms with E-state index in [0.717, 1.165) is 24.3 Å². The van der Waals surface area contributed by atoms with Gasteiger partial charge < -0.3 is 4.55 Å². The van der Waals surface area contributed by atoms with Gasteiger partial charge in [-0.25, -0.2) is 0 Å². The summed E-state index contributed by atoms with van der Waals surface area (Å²) in [6.45, 7) is 0. The van der Waals surface area contributed by atoms with Crippen molar-refractivity contribution >= 4 is 11.2 Å². The minimum absolute atomic E-state index is 0.471. The van der Waals surface area contributed by atoms with Crippen molar-refractivity contribution in [2.24, 2.45) is 0 Å². The summed E-state index contributed by atoms with van der Waals surface area (Å²) in [5.41, 5.74) is 0. The summed E-state index contributed by atoms with van der Waals surface area (Å²) >= 11 is -0.471. The first kappa shape index (κ1) is 5.45. The Morgan fingerprint density at radius 2 is 1.86 bits per heavy atom. The lowest BCUT2D eigenvalue weighted by Gasteiger charge is -2.14. The minimum atomic E-state index is -0.471. The molecule has 41 valence electrons. The first-order chi connectivity index (χ1) is 3.39. The molecule has 0 aliphatic carbocycles. The topological polar surface area (TPSA) is 23.1 Å². The number of rotatable bonds is 0. The van der Waals surface area contributed by atoms with Gasteiger partial charge in [0.1, 0.15) is 11.5 Å². The highest BCUT2D eigenvalue weighted by molar-refractivity contribution is 7.91. The Morgan fingerprint density at radius 1 is 1.29 bits per heavy atom. The van der Waals surface area contributed by atoms with E-state index in [9.17, 15) is 4.55 Å². The fourth-order valence-electron chi connectivity index (χ4n) is 0.676. The predicted octanol–water partition coefficient (Wildman–Crippen LogP) is 0.733. The molecule has 0 aromatic rings. The van der Waals surface area contributed by atoms with Gasteiger partial charge in [-0.1, -0.05) is 11.2 Å². The molecule has 0 spiro atoms. The number of hydrogen-bond donors (Lipinski definition) is 0. The second-order valence-electron chi connectivity index (χ2n) is 1.71. The summed E-state index contributed by atoms with van der Waals surface area (Å²) < 4.78 is 10.6. The van der Waals surface area contributed by atoms with E-state index >= 15 is 0 Å². The molecule has 1 nitrogen and oxygen atoms in total. The largest absolute Gasteiger partial charge is 0.616 e. The van der Waals surface area contributed by atoms with E-state index in [1.165, 1.54) is 0 Å². The first-order valence-corrected chi connectivity index (χ1v) is 4.05. The molecular formula is C5H9OS. The Morgan fingerprint density at radius 3 is 2.14 bits per heavy atom. The molecule has 1 aliphatic heterocycles. The van der Waals surface area contributed by atoms with Crippen molar-refractivity contribution in [1.29, 1.82) is 0 Å². The molecule has 0 atom stereocenters. The van der Waals surface area contributed by atoms with Crippen LogP contribution < -0.4 is 0 Å². The van der Waals surface area contributed by atoms with E-state index in [1.54, 1.807) is 0 Å². The molecule has 1 rings (SSSR count). The molecule has 1 radical (unpaired) electrons. The molecule has 0 aromatic carbocycles. The molecule has 0 unspecified atom stereocenters. The van der Waals surface area contributed by atoms with Crippen LogP contribution in [0.4, 0.5) is 0 Å². The van der Waals surface area contributed by atoms with Gasteiger partial charge in [-0.15, -0.1) is 0 Å². The lowest BCUT2D eigenvalue weighted by molar-refractivity contribution is 0.587. The monoisotopic (exact) mass is 117 g/mol. The second kappa shape index (κ2) is 2.58. The van der Waals surface area contributed by atoms with Crippen molar-refractivity contribution in [3.05, 3.63) is 6.42 Å². The van der Waals surface area contributed by atoms with Crippen LogP contribution in [0.3, 0.4) is 0 Å². The Kier molecular flexibility index (Phi) is 2.00. The zero-order valence-corrected chi connectivity index (χ0v) is 5.04. The molecule has 1 fully saturated rings. The van der Waals surface area contributed by atoms with Crippen molar-refractivity contribution in [2.75, 3.05) is 11.5 Å². The van der Waals surface area contributed by atoms with Crippen LogP contribution in [0.5, 0.6) is 0 Å². The second-order valence-corrected chi connectivity index (χ2v) is 3.41. The standard InChI is InChI=1S/C5H9OS/c6-7-4-2-1-3-5-7/h1H,2-5H2. The first-order valence-electron chi connectivity index (χ1n) is 2.56. The van der Waals surface area contributed by atoms with Crippen molar-refractivity contribution < 1.29 is 4.55 Å². The summed E-state index contributed by atoms with van der Waals surface area (Å²) in [5, 5.41) is 0. The third-order valence-corrected chi connectivity index (χ3v) is 2.48. The molecule has 7 heavy (non-hydrogen) atoms. The normalized spacial score (nSPS) is 25.3. The van der Waals surface area contributed by atoms with Crippen LogP contribution in [0.15, 0.2) is 0 Å². The zero-order valence-electron chi connectivity index (χ0n) is 4.22. The maximum absolute atomic E-state index is 10.6. The molecule has 0 amide bonds. The summed E-state index contributed by atoms with van der Waals surface area (Å²) in [5.74, 6) is 1.81. The molecule has 1 saturated heterocycles. The highest BCUT2D eigenvalue weighted by Crippen LogP contribution is 2.08. The molecule has 0 N–H and O–H groups in total. The van der Waals surface area contributed by atoms with Crippen LogP contribution in [0.25, 0.3) is 0 Å². The fourth-order valence-corrected chi connectivity index (χ4v) is 1.74. The lowest BCUT2D eigenvalue weighted by atomic mass is 10.3. The molecule has 1 heterocycles. The summed E-state index contributed by atoms with van der Waals surface area (Å²) in [7, 11) is 0. The molecule has 0 saturated carbocycles. The van der Waals surface area contributed by atoms with E-state index in [1.807, 2.05) is 0 Å². The predicted molar refractivity (Wildman–Crippen MR) is 31.4 cm³/mol. The quantitative estimate of drug-likeness (QED) is 0.429. The number of hydrogen-bond acceptors (Lipinski definition) is 1. The summed E-state index contributed by atoms with van der Waals surface area (Å²) in [4.78, 5) is 0. The van der Waals surface area contributed by atoms with Gasteiger partial charge >= 0.3 is 0 Å². The van der Waals surface area contributed by atoms with Crippen LogP contribution in [0.2, 0.25) is 0 Å². The minimum Gasteiger partial charge on any atom is -0.616 e. The van der Waals surface area contributed by atoms with Gasteiger partial charge in [-0.2, -0.15) is 0 Å². The average molecular weight is 117 g/mol. The Labute approximate surface area is 47.3 Å². The van der Waals surface area contributed by atoms with Gasteiger partial charge in [-0.05, 0) is 19.3 Å². The molecule has 0 aromatic heterocycles. The SMILES string of the molecule is [O-][S+]1CC[CH]CC1. The van der Waals surface area contributed by atoms with Crippen molar-refractivity contribution in [3.8, 4) is 0 Å². The average Bonchev–Trinajstić information content (AvgIpc) is 1.69. The van der Waals surface area contributed by atoms with Crippen LogP contribution in [-0.2, 0) is 11.2 Å². The van der Waals surface area contributed by atoms with Crippen LogP contribution in [0, 0.1) is 6.42 Å². The van der Waals surface area contributed by atoms with Crippen molar-refractivity contribution in [1.82, 2.24) is 0 Å². The third-order valence-electron chi connectivity index (χ3n) is 1.10. The highest BCUT2D eigenvalue weighted by Gasteiger charge is 2.10. The van der Waals surface area contributed by atoms with Gasteiger partial charge in [0.25, 0.3) is 0 Å². The van der Waals surface area contributed by atoms with E-state index in [0.29, 0.717) is 0 Å². The highest BCUT2D eigenvalue weighted by atomic mass is 32.2. The Bertz CT molecular complexity index is 50.0. The van der Waals surface area contributed by atoms with Gasteiger partial charge in [-0.3, -0.25) is 0 Å². The van der Waals surface area contributed by atoms with Gasteiger partial charge in [0.05, 0.1) is 0 Å². The Hall–Kier alpha value is 0.310. The Balaban J connectivity index is 2.12. The van der Waals surface area contributed by atoms with E-state index in [4.69, 9.17) is 0 Å². The molecule has 1 aliphatic rings. The van der Waals surface area contributed by atoms with Gasteiger partial charge in [0, 0.05) is 0 Å². The van der Waals surface area contributed by atoms with Crippen molar-refractivity contribution in [2.45, 2.75) is 12.8 Å². The van der Waals surface area contributed by atoms with Crippen LogP contribution in [-0.4, -0.2) is 16.1 Å². The van der Waals surface area contributed by atoms with Crippen LogP contribution >= 0.6 is 0 Å². The fraction of sp³-hybridized carbons (Fsp3) is 0.800. The van der Waals surface area contributed by atoms with Crippen molar-refractivity contribution in [3.63, 3.8) is 0 Å². The lowest BCUT2D eigenvalue weighted by Crippen LogP contribution is -2.16. The smallest absolute Gasteiger partial charge is 0.105 e. The maximum Gasteiger partial charge on any atom is 0.105 e. The summed E-state index contributed by atoms with van der Waals surface area (Å²) in [6, 6.07) is 0. The molecular weight excluding hydrogens is 108 g/mol. The van der Waals surface area contributed by atoms with Crippen LogP contribution in [0.1, 0.15) is 12.8 Å². The van der Waals surface area contributed by atoms with E-state index in [-0.39, 0.29) is 0 Å². The molecule has 2 heteroatoms. The maximum atomic E-state index is 10.6. The summed E-state index contributed by atoms with van der Waals surface area (Å²) in [6.07, 6.45) is 4.33. The molecule has 0 bridgehead atoms. The zero-order chi connectivity index (χ0) is 5.11.